The van der Waals surface area contributed by atoms with Gasteiger partial charge in [0.15, 0.2) is 0 Å². The Morgan fingerprint density at radius 1 is 0.810 bits per heavy atom. The van der Waals surface area contributed by atoms with Crippen molar-refractivity contribution in [3.8, 4) is 22.7 Å². The number of methoxy groups -OCH3 is 1. The summed E-state index contributed by atoms with van der Waals surface area (Å²) < 4.78 is 45.9. The van der Waals surface area contributed by atoms with Gasteiger partial charge in [-0.3, -0.25) is 4.79 Å². The van der Waals surface area contributed by atoms with Crippen LogP contribution in [0.3, 0.4) is 0 Å². The summed E-state index contributed by atoms with van der Waals surface area (Å²) in [6.45, 7) is 5.18. The van der Waals surface area contributed by atoms with Crippen molar-refractivity contribution in [1.29, 1.82) is 0 Å². The first-order valence-electron chi connectivity index (χ1n) is 13.5. The average molecular weight is 577 g/mol. The Labute approximate surface area is 242 Å². The van der Waals surface area contributed by atoms with Gasteiger partial charge in [0, 0.05) is 43.2 Å². The molecule has 1 fully saturated rings. The van der Waals surface area contributed by atoms with E-state index in [4.69, 9.17) is 4.74 Å². The maximum absolute atomic E-state index is 13.8. The van der Waals surface area contributed by atoms with Crippen LogP contribution in [0.25, 0.3) is 16.9 Å². The Bertz CT molecular complexity index is 1570. The maximum Gasteiger partial charge on any atom is 0.416 e. The molecule has 0 radical (unpaired) electrons. The van der Waals surface area contributed by atoms with Crippen molar-refractivity contribution in [1.82, 2.24) is 14.4 Å². The van der Waals surface area contributed by atoms with Gasteiger partial charge in [-0.15, -0.1) is 0 Å². The number of anilines is 1. The minimum Gasteiger partial charge on any atom is -0.497 e. The molecule has 1 saturated heterocycles. The number of carbonyl (C=O) groups excluding carboxylic acids is 2. The summed E-state index contributed by atoms with van der Waals surface area (Å²) in [6.07, 6.45) is -4.44. The fraction of sp³-hybridized carbons (Fsp3) is 0.250. The molecule has 7 nitrogen and oxygen atoms in total. The van der Waals surface area contributed by atoms with Gasteiger partial charge in [0.05, 0.1) is 23.9 Å². The molecule has 0 saturated carbocycles. The van der Waals surface area contributed by atoms with Crippen LogP contribution in [0.1, 0.15) is 27.2 Å². The SMILES string of the molecule is COc1ccc(-c2cc(C(=O)N3CCN(C(=O)Nc4ccc(C(F)(F)F)cc4)CC3)c(C)n2-c2ccc(C)cc2)cc1. The quantitative estimate of drug-likeness (QED) is 0.285. The normalized spacial score (nSPS) is 13.7. The Morgan fingerprint density at radius 3 is 1.98 bits per heavy atom. The number of alkyl halides is 3. The van der Waals surface area contributed by atoms with Crippen LogP contribution in [0.5, 0.6) is 5.75 Å². The van der Waals surface area contributed by atoms with E-state index in [0.29, 0.717) is 31.7 Å². The monoisotopic (exact) mass is 576 g/mol. The van der Waals surface area contributed by atoms with Crippen LogP contribution in [0.2, 0.25) is 0 Å². The van der Waals surface area contributed by atoms with Gasteiger partial charge in [-0.2, -0.15) is 13.2 Å². The fourth-order valence-corrected chi connectivity index (χ4v) is 5.05. The predicted octanol–water partition coefficient (Wildman–Crippen LogP) is 6.78. The largest absolute Gasteiger partial charge is 0.497 e. The number of hydrogen-bond acceptors (Lipinski definition) is 3. The van der Waals surface area contributed by atoms with E-state index in [1.54, 1.807) is 16.9 Å². The van der Waals surface area contributed by atoms with Gasteiger partial charge in [-0.25, -0.2) is 4.79 Å². The molecule has 1 aromatic heterocycles. The van der Waals surface area contributed by atoms with Gasteiger partial charge in [-0.05, 0) is 86.1 Å². The third-order valence-electron chi connectivity index (χ3n) is 7.47. The van der Waals surface area contributed by atoms with Crippen molar-refractivity contribution in [2.24, 2.45) is 0 Å². The second-order valence-electron chi connectivity index (χ2n) is 10.2. The highest BCUT2D eigenvalue weighted by Gasteiger charge is 2.31. The molecule has 1 aliphatic rings. The number of halogens is 3. The summed E-state index contributed by atoms with van der Waals surface area (Å²) in [5.74, 6) is 0.608. The first-order valence-corrected chi connectivity index (χ1v) is 13.5. The molecule has 0 spiro atoms. The first kappa shape index (κ1) is 28.8. The number of amides is 3. The molecule has 5 rings (SSSR count). The molecule has 0 bridgehead atoms. The van der Waals surface area contributed by atoms with Gasteiger partial charge in [0.1, 0.15) is 5.75 Å². The molecule has 0 atom stereocenters. The van der Waals surface area contributed by atoms with Crippen LogP contribution < -0.4 is 10.1 Å². The summed E-state index contributed by atoms with van der Waals surface area (Å²) in [4.78, 5) is 29.8. The lowest BCUT2D eigenvalue weighted by molar-refractivity contribution is -0.137. The lowest BCUT2D eigenvalue weighted by Crippen LogP contribution is -2.51. The highest BCUT2D eigenvalue weighted by Crippen LogP contribution is 2.32. The molecule has 4 aromatic rings. The molecule has 0 aliphatic carbocycles. The Balaban J connectivity index is 1.32. The summed E-state index contributed by atoms with van der Waals surface area (Å²) >= 11 is 0. The van der Waals surface area contributed by atoms with Gasteiger partial charge in [0.2, 0.25) is 0 Å². The van der Waals surface area contributed by atoms with Crippen molar-refractivity contribution in [2.75, 3.05) is 38.6 Å². The van der Waals surface area contributed by atoms with E-state index in [9.17, 15) is 22.8 Å². The zero-order chi connectivity index (χ0) is 30.0. The molecule has 3 amide bonds. The molecule has 2 heterocycles. The standard InChI is InChI=1S/C32H31F3N4O3/c1-21-4-12-26(13-5-21)39-22(2)28(20-29(39)23-6-14-27(42-3)15-7-23)30(40)37-16-18-38(19-17-37)31(41)36-25-10-8-24(9-11-25)32(33,34)35/h4-15,20H,16-19H2,1-3H3,(H,36,41). The van der Waals surface area contributed by atoms with Crippen LogP contribution in [0.4, 0.5) is 23.7 Å². The van der Waals surface area contributed by atoms with E-state index in [0.717, 1.165) is 46.1 Å². The third-order valence-corrected chi connectivity index (χ3v) is 7.47. The average Bonchev–Trinajstić information content (AvgIpc) is 3.33. The zero-order valence-electron chi connectivity index (χ0n) is 23.5. The summed E-state index contributed by atoms with van der Waals surface area (Å²) in [5, 5.41) is 2.64. The van der Waals surface area contributed by atoms with E-state index in [2.05, 4.69) is 9.88 Å². The Kier molecular flexibility index (Phi) is 7.98. The molecular weight excluding hydrogens is 545 g/mol. The van der Waals surface area contributed by atoms with Crippen molar-refractivity contribution in [2.45, 2.75) is 20.0 Å². The zero-order valence-corrected chi connectivity index (χ0v) is 23.5. The number of carbonyl (C=O) groups is 2. The number of hydrogen-bond donors (Lipinski definition) is 1. The van der Waals surface area contributed by atoms with E-state index < -0.39 is 17.8 Å². The lowest BCUT2D eigenvalue weighted by Gasteiger charge is -2.34. The highest BCUT2D eigenvalue weighted by molar-refractivity contribution is 5.97. The number of aromatic nitrogens is 1. The molecule has 0 unspecified atom stereocenters. The molecule has 1 aliphatic heterocycles. The molecule has 1 N–H and O–H groups in total. The van der Waals surface area contributed by atoms with Gasteiger partial charge < -0.3 is 24.4 Å². The maximum atomic E-state index is 13.8. The summed E-state index contributed by atoms with van der Waals surface area (Å²) in [6, 6.07) is 21.6. The minimum absolute atomic E-state index is 0.129. The molecule has 42 heavy (non-hydrogen) atoms. The van der Waals surface area contributed by atoms with E-state index in [1.807, 2.05) is 68.4 Å². The number of benzene rings is 3. The van der Waals surface area contributed by atoms with Crippen LogP contribution in [0.15, 0.2) is 78.9 Å². The number of rotatable bonds is 5. The molecule has 10 heteroatoms. The van der Waals surface area contributed by atoms with Crippen LogP contribution in [-0.4, -0.2) is 59.6 Å². The Morgan fingerprint density at radius 2 is 1.40 bits per heavy atom. The van der Waals surface area contributed by atoms with Crippen LogP contribution in [-0.2, 0) is 6.18 Å². The molecular formula is C32H31F3N4O3. The summed E-state index contributed by atoms with van der Waals surface area (Å²) in [7, 11) is 1.61. The van der Waals surface area contributed by atoms with E-state index in [1.165, 1.54) is 12.1 Å². The number of aryl methyl sites for hydroxylation is 1. The first-order chi connectivity index (χ1) is 20.0. The minimum atomic E-state index is -4.44. The van der Waals surface area contributed by atoms with Gasteiger partial charge in [-0.1, -0.05) is 17.7 Å². The van der Waals surface area contributed by atoms with E-state index in [-0.39, 0.29) is 11.6 Å². The van der Waals surface area contributed by atoms with Crippen LogP contribution in [0, 0.1) is 13.8 Å². The lowest BCUT2D eigenvalue weighted by atomic mass is 10.1. The fourth-order valence-electron chi connectivity index (χ4n) is 5.05. The van der Waals surface area contributed by atoms with Gasteiger partial charge in [0.25, 0.3) is 5.91 Å². The van der Waals surface area contributed by atoms with Gasteiger partial charge >= 0.3 is 12.2 Å². The Hall–Kier alpha value is -4.73. The topological polar surface area (TPSA) is 66.8 Å². The predicted molar refractivity (Wildman–Crippen MR) is 155 cm³/mol. The number of urea groups is 1. The van der Waals surface area contributed by atoms with Crippen molar-refractivity contribution in [3.05, 3.63) is 101 Å². The van der Waals surface area contributed by atoms with Crippen molar-refractivity contribution < 1.29 is 27.5 Å². The number of nitrogens with one attached hydrogen (secondary N) is 1. The molecule has 3 aromatic carbocycles. The van der Waals surface area contributed by atoms with Crippen molar-refractivity contribution in [3.63, 3.8) is 0 Å². The second-order valence-corrected chi connectivity index (χ2v) is 10.2. The van der Waals surface area contributed by atoms with Crippen LogP contribution >= 0.6 is 0 Å². The smallest absolute Gasteiger partial charge is 0.416 e. The van der Waals surface area contributed by atoms with E-state index >= 15 is 0 Å². The third kappa shape index (κ3) is 5.97. The van der Waals surface area contributed by atoms with Crippen molar-refractivity contribution >= 4 is 17.6 Å². The highest BCUT2D eigenvalue weighted by atomic mass is 19.4. The second kappa shape index (κ2) is 11.6. The number of piperazine rings is 1. The molecule has 218 valence electrons. The number of nitrogens with zero attached hydrogens (tertiary/aromatic N) is 3. The number of ether oxygens (including phenoxy) is 1. The summed E-state index contributed by atoms with van der Waals surface area (Å²) in [5.41, 5.74) is 4.74.